The van der Waals surface area contributed by atoms with Gasteiger partial charge in [-0.15, -0.1) is 0 Å². The molecule has 1 aromatic rings. The van der Waals surface area contributed by atoms with Crippen LogP contribution in [0.5, 0.6) is 5.75 Å². The van der Waals surface area contributed by atoms with Gasteiger partial charge in [-0.05, 0) is 40.8 Å². The number of anilines is 1. The Hall–Kier alpha value is -1.77. The average molecular weight is 403 g/mol. The molecule has 1 N–H and O–H groups in total. The molecule has 1 aromatic carbocycles. The molecule has 2 rings (SSSR count). The summed E-state index contributed by atoms with van der Waals surface area (Å²) in [6.07, 6.45) is 1.28. The van der Waals surface area contributed by atoms with Gasteiger partial charge in [-0.3, -0.25) is 0 Å². The predicted molar refractivity (Wildman–Crippen MR) is 83.7 cm³/mol. The van der Waals surface area contributed by atoms with Crippen LogP contribution >= 0.6 is 22.6 Å². The van der Waals surface area contributed by atoms with Crippen molar-refractivity contribution in [2.75, 3.05) is 12.4 Å². The normalized spacial score (nSPS) is 16.9. The van der Waals surface area contributed by atoms with E-state index in [1.54, 1.807) is 19.2 Å². The lowest BCUT2D eigenvalue weighted by atomic mass is 10.2. The summed E-state index contributed by atoms with van der Waals surface area (Å²) in [7, 11) is 1.58. The van der Waals surface area contributed by atoms with Crippen LogP contribution in [0.15, 0.2) is 30.0 Å². The van der Waals surface area contributed by atoms with E-state index in [0.717, 1.165) is 15.0 Å². The van der Waals surface area contributed by atoms with Gasteiger partial charge in [0, 0.05) is 23.6 Å². The van der Waals surface area contributed by atoms with Crippen LogP contribution in [0.4, 0.5) is 5.69 Å². The molecule has 0 saturated carbocycles. The number of rotatable bonds is 3. The van der Waals surface area contributed by atoms with Crippen molar-refractivity contribution in [1.29, 1.82) is 0 Å². The first-order chi connectivity index (χ1) is 9.82. The fourth-order valence-corrected chi connectivity index (χ4v) is 2.31. The second-order valence-electron chi connectivity index (χ2n) is 4.73. The third-order valence-electron chi connectivity index (χ3n) is 2.67. The minimum atomic E-state index is -1.24. The molecule has 0 aromatic heterocycles. The number of hydrogen-bond donors (Lipinski definition) is 1. The Morgan fingerprint density at radius 1 is 1.24 bits per heavy atom. The molecular weight excluding hydrogens is 389 g/mol. The highest BCUT2D eigenvalue weighted by Crippen LogP contribution is 2.25. The standard InChI is InChI=1S/C14H14INO5/c1-14(2)20-12(17)9(13(18)21-14)7-16-11-5-4-8(19-3)6-10(11)15/h4-7,16H,1-3H3. The highest BCUT2D eigenvalue weighted by atomic mass is 127. The van der Waals surface area contributed by atoms with E-state index in [1.807, 2.05) is 6.07 Å². The van der Waals surface area contributed by atoms with Crippen molar-refractivity contribution in [2.24, 2.45) is 0 Å². The lowest BCUT2D eigenvalue weighted by Crippen LogP contribution is -2.42. The maximum absolute atomic E-state index is 11.8. The average Bonchev–Trinajstić information content (AvgIpc) is 2.37. The molecule has 112 valence electrons. The lowest BCUT2D eigenvalue weighted by Gasteiger charge is -2.29. The number of cyclic esters (lactones) is 2. The van der Waals surface area contributed by atoms with Gasteiger partial charge < -0.3 is 19.5 Å². The van der Waals surface area contributed by atoms with Crippen LogP contribution in [0.1, 0.15) is 13.8 Å². The first-order valence-electron chi connectivity index (χ1n) is 6.09. The number of hydrogen-bond acceptors (Lipinski definition) is 6. The minimum absolute atomic E-state index is 0.180. The van der Waals surface area contributed by atoms with Gasteiger partial charge in [-0.2, -0.15) is 0 Å². The summed E-state index contributed by atoms with van der Waals surface area (Å²) in [5, 5.41) is 2.90. The molecule has 1 heterocycles. The maximum atomic E-state index is 11.8. The zero-order valence-electron chi connectivity index (χ0n) is 11.7. The van der Waals surface area contributed by atoms with Crippen LogP contribution in [0.3, 0.4) is 0 Å². The molecular formula is C14H14INO5. The molecule has 1 fully saturated rings. The first kappa shape index (κ1) is 15.6. The molecule has 1 saturated heterocycles. The highest BCUT2D eigenvalue weighted by Gasteiger charge is 2.38. The number of halogens is 1. The van der Waals surface area contributed by atoms with E-state index in [4.69, 9.17) is 14.2 Å². The van der Waals surface area contributed by atoms with Gasteiger partial charge in [-0.1, -0.05) is 0 Å². The Bertz CT molecular complexity index is 602. The Balaban J connectivity index is 2.18. The van der Waals surface area contributed by atoms with E-state index < -0.39 is 17.7 Å². The van der Waals surface area contributed by atoms with Crippen LogP contribution in [0, 0.1) is 3.57 Å². The van der Waals surface area contributed by atoms with E-state index in [9.17, 15) is 9.59 Å². The van der Waals surface area contributed by atoms with E-state index in [1.165, 1.54) is 20.0 Å². The van der Waals surface area contributed by atoms with Crippen molar-refractivity contribution in [3.63, 3.8) is 0 Å². The maximum Gasteiger partial charge on any atom is 0.350 e. The van der Waals surface area contributed by atoms with E-state index in [2.05, 4.69) is 27.9 Å². The Labute approximate surface area is 135 Å². The van der Waals surface area contributed by atoms with Crippen LogP contribution in [-0.4, -0.2) is 24.8 Å². The van der Waals surface area contributed by atoms with Crippen molar-refractivity contribution in [3.8, 4) is 5.75 Å². The number of nitrogens with one attached hydrogen (secondary N) is 1. The summed E-state index contributed by atoms with van der Waals surface area (Å²) in [5.41, 5.74) is 0.551. The fourth-order valence-electron chi connectivity index (χ4n) is 1.67. The third-order valence-corrected chi connectivity index (χ3v) is 3.56. The van der Waals surface area contributed by atoms with Crippen molar-refractivity contribution in [1.82, 2.24) is 0 Å². The second-order valence-corrected chi connectivity index (χ2v) is 5.89. The van der Waals surface area contributed by atoms with Crippen LogP contribution in [0.2, 0.25) is 0 Å². The highest BCUT2D eigenvalue weighted by molar-refractivity contribution is 14.1. The summed E-state index contributed by atoms with van der Waals surface area (Å²) in [5.74, 6) is -1.95. The van der Waals surface area contributed by atoms with Crippen LogP contribution < -0.4 is 10.1 Å². The number of ether oxygens (including phenoxy) is 3. The van der Waals surface area contributed by atoms with Crippen LogP contribution in [0.25, 0.3) is 0 Å². The third kappa shape index (κ3) is 3.66. The van der Waals surface area contributed by atoms with E-state index in [-0.39, 0.29) is 5.57 Å². The molecule has 7 heteroatoms. The largest absolute Gasteiger partial charge is 0.497 e. The Morgan fingerprint density at radius 2 is 1.86 bits per heavy atom. The number of carbonyl (C=O) groups excluding carboxylic acids is 2. The van der Waals surface area contributed by atoms with Crippen molar-refractivity contribution in [2.45, 2.75) is 19.6 Å². The SMILES string of the molecule is COc1ccc(NC=C2C(=O)OC(C)(C)OC2=O)c(I)c1. The summed E-state index contributed by atoms with van der Waals surface area (Å²) in [6.45, 7) is 3.00. The van der Waals surface area contributed by atoms with Gasteiger partial charge in [0.2, 0.25) is 0 Å². The molecule has 0 aliphatic carbocycles. The van der Waals surface area contributed by atoms with E-state index in [0.29, 0.717) is 0 Å². The summed E-state index contributed by atoms with van der Waals surface area (Å²) in [4.78, 5) is 23.5. The molecule has 21 heavy (non-hydrogen) atoms. The van der Waals surface area contributed by atoms with Crippen molar-refractivity contribution < 1.29 is 23.8 Å². The van der Waals surface area contributed by atoms with Gasteiger partial charge >= 0.3 is 11.9 Å². The number of methoxy groups -OCH3 is 1. The van der Waals surface area contributed by atoms with Gasteiger partial charge in [-0.25, -0.2) is 9.59 Å². The zero-order valence-corrected chi connectivity index (χ0v) is 13.9. The topological polar surface area (TPSA) is 73.9 Å². The van der Waals surface area contributed by atoms with Gasteiger partial charge in [0.25, 0.3) is 5.79 Å². The van der Waals surface area contributed by atoms with Gasteiger partial charge in [0.15, 0.2) is 5.57 Å². The quantitative estimate of drug-likeness (QED) is 0.362. The molecule has 1 aliphatic heterocycles. The Kier molecular flexibility index (Phi) is 4.40. The molecule has 0 unspecified atom stereocenters. The molecule has 0 bridgehead atoms. The molecule has 0 atom stereocenters. The second kappa shape index (κ2) is 5.92. The summed E-state index contributed by atoms with van der Waals surface area (Å²) in [6, 6.07) is 5.37. The number of benzene rings is 1. The number of esters is 2. The minimum Gasteiger partial charge on any atom is -0.497 e. The fraction of sp³-hybridized carbons (Fsp3) is 0.286. The molecule has 6 nitrogen and oxygen atoms in total. The molecule has 0 amide bonds. The van der Waals surface area contributed by atoms with Gasteiger partial charge in [0.1, 0.15) is 5.75 Å². The molecule has 0 spiro atoms. The van der Waals surface area contributed by atoms with E-state index >= 15 is 0 Å². The Morgan fingerprint density at radius 3 is 2.38 bits per heavy atom. The van der Waals surface area contributed by atoms with Crippen molar-refractivity contribution in [3.05, 3.63) is 33.5 Å². The molecule has 0 radical (unpaired) electrons. The smallest absolute Gasteiger partial charge is 0.350 e. The lowest BCUT2D eigenvalue weighted by molar-refractivity contribution is -0.222. The van der Waals surface area contributed by atoms with Crippen molar-refractivity contribution >= 4 is 40.2 Å². The monoisotopic (exact) mass is 403 g/mol. The summed E-state index contributed by atoms with van der Waals surface area (Å²) >= 11 is 2.12. The first-order valence-corrected chi connectivity index (χ1v) is 7.17. The molecule has 1 aliphatic rings. The zero-order chi connectivity index (χ0) is 15.6. The summed E-state index contributed by atoms with van der Waals surface area (Å²) < 4.78 is 16.0. The van der Waals surface area contributed by atoms with Crippen LogP contribution in [-0.2, 0) is 19.1 Å². The van der Waals surface area contributed by atoms with Gasteiger partial charge in [0.05, 0.1) is 12.8 Å². The predicted octanol–water partition coefficient (Wildman–Crippen LogP) is 2.43. The number of carbonyl (C=O) groups is 2.